The third-order valence-electron chi connectivity index (χ3n) is 2.95. The molecule has 2 rings (SSSR count). The van der Waals surface area contributed by atoms with E-state index in [0.717, 1.165) is 17.1 Å². The van der Waals surface area contributed by atoms with Crippen molar-refractivity contribution in [3.8, 4) is 0 Å². The maximum absolute atomic E-state index is 11.6. The number of ether oxygens (including phenoxy) is 1. The molecule has 4 heteroatoms. The summed E-state index contributed by atoms with van der Waals surface area (Å²) in [6.45, 7) is 4.20. The average molecular weight is 290 g/mol. The number of hydrogen-bond donors (Lipinski definition) is 0. The highest BCUT2D eigenvalue weighted by atomic mass is 32.2. The summed E-state index contributed by atoms with van der Waals surface area (Å²) in [5.41, 5.74) is 2.16. The average Bonchev–Trinajstić information content (AvgIpc) is 2.84. The monoisotopic (exact) mass is 290 g/mol. The number of carbonyl (C=O) groups excluding carboxylic acids is 1. The molecule has 1 heterocycles. The Morgan fingerprint density at radius 3 is 2.60 bits per heavy atom. The standard InChI is InChI=1S/C16H18O3S/c1-12-3-5-15(6-4-12)20-10-8-16(17)19-11-14-7-9-18-13(14)2/h3-7,9H,8,10-11H2,1-2H3. The summed E-state index contributed by atoms with van der Waals surface area (Å²) in [7, 11) is 0. The van der Waals surface area contributed by atoms with E-state index in [1.807, 2.05) is 13.0 Å². The van der Waals surface area contributed by atoms with Gasteiger partial charge < -0.3 is 9.15 Å². The molecular formula is C16H18O3S. The Labute approximate surface area is 123 Å². The molecule has 0 fully saturated rings. The van der Waals surface area contributed by atoms with E-state index in [0.29, 0.717) is 6.42 Å². The van der Waals surface area contributed by atoms with Crippen LogP contribution in [0.3, 0.4) is 0 Å². The summed E-state index contributed by atoms with van der Waals surface area (Å²) in [4.78, 5) is 12.8. The molecule has 0 aliphatic heterocycles. The molecule has 0 bridgehead atoms. The van der Waals surface area contributed by atoms with E-state index >= 15 is 0 Å². The summed E-state index contributed by atoms with van der Waals surface area (Å²) >= 11 is 1.66. The highest BCUT2D eigenvalue weighted by Gasteiger charge is 2.07. The van der Waals surface area contributed by atoms with Crippen LogP contribution in [0, 0.1) is 13.8 Å². The zero-order valence-electron chi connectivity index (χ0n) is 11.7. The van der Waals surface area contributed by atoms with Crippen molar-refractivity contribution in [3.63, 3.8) is 0 Å². The zero-order valence-corrected chi connectivity index (χ0v) is 12.5. The second-order valence-electron chi connectivity index (χ2n) is 4.57. The van der Waals surface area contributed by atoms with Crippen LogP contribution in [0.1, 0.15) is 23.3 Å². The molecule has 0 aliphatic rings. The fraction of sp³-hybridized carbons (Fsp3) is 0.312. The van der Waals surface area contributed by atoms with Gasteiger partial charge in [-0.2, -0.15) is 0 Å². The van der Waals surface area contributed by atoms with Gasteiger partial charge >= 0.3 is 5.97 Å². The van der Waals surface area contributed by atoms with E-state index in [2.05, 4.69) is 31.2 Å². The Hall–Kier alpha value is -1.68. The molecule has 20 heavy (non-hydrogen) atoms. The van der Waals surface area contributed by atoms with E-state index in [1.54, 1.807) is 18.0 Å². The van der Waals surface area contributed by atoms with Crippen LogP contribution < -0.4 is 0 Å². The van der Waals surface area contributed by atoms with Crippen LogP contribution in [0.5, 0.6) is 0 Å². The van der Waals surface area contributed by atoms with Gasteiger partial charge in [0.15, 0.2) is 0 Å². The first kappa shape index (κ1) is 14.7. The van der Waals surface area contributed by atoms with Gasteiger partial charge in [-0.25, -0.2) is 0 Å². The van der Waals surface area contributed by atoms with Crippen molar-refractivity contribution >= 4 is 17.7 Å². The third kappa shape index (κ3) is 4.46. The molecule has 0 atom stereocenters. The van der Waals surface area contributed by atoms with E-state index in [4.69, 9.17) is 9.15 Å². The summed E-state index contributed by atoms with van der Waals surface area (Å²) < 4.78 is 10.4. The van der Waals surface area contributed by atoms with E-state index in [1.165, 1.54) is 10.5 Å². The first-order chi connectivity index (χ1) is 9.65. The van der Waals surface area contributed by atoms with Gasteiger partial charge in [0.05, 0.1) is 12.7 Å². The van der Waals surface area contributed by atoms with Crippen LogP contribution in [-0.2, 0) is 16.1 Å². The van der Waals surface area contributed by atoms with Crippen molar-refractivity contribution < 1.29 is 13.9 Å². The molecule has 0 spiro atoms. The van der Waals surface area contributed by atoms with Crippen molar-refractivity contribution in [2.75, 3.05) is 5.75 Å². The minimum absolute atomic E-state index is 0.176. The minimum atomic E-state index is -0.176. The molecule has 0 saturated heterocycles. The molecule has 106 valence electrons. The van der Waals surface area contributed by atoms with Gasteiger partial charge in [0.1, 0.15) is 12.4 Å². The smallest absolute Gasteiger partial charge is 0.306 e. The Bertz CT molecular complexity index is 557. The second kappa shape index (κ2) is 7.20. The Morgan fingerprint density at radius 1 is 1.20 bits per heavy atom. The normalized spacial score (nSPS) is 10.5. The lowest BCUT2D eigenvalue weighted by Crippen LogP contribution is -2.05. The number of benzene rings is 1. The highest BCUT2D eigenvalue weighted by molar-refractivity contribution is 7.99. The summed E-state index contributed by atoms with van der Waals surface area (Å²) in [5, 5.41) is 0. The van der Waals surface area contributed by atoms with E-state index in [9.17, 15) is 4.79 Å². The van der Waals surface area contributed by atoms with Crippen molar-refractivity contribution in [2.45, 2.75) is 31.8 Å². The number of carbonyl (C=O) groups is 1. The number of thioether (sulfide) groups is 1. The van der Waals surface area contributed by atoms with Crippen LogP contribution in [0.15, 0.2) is 45.9 Å². The molecule has 0 saturated carbocycles. The van der Waals surface area contributed by atoms with Crippen molar-refractivity contribution in [2.24, 2.45) is 0 Å². The van der Waals surface area contributed by atoms with Crippen LogP contribution in [0.25, 0.3) is 0 Å². The lowest BCUT2D eigenvalue weighted by atomic mass is 10.2. The van der Waals surface area contributed by atoms with Crippen LogP contribution in [-0.4, -0.2) is 11.7 Å². The Kier molecular flexibility index (Phi) is 5.30. The number of esters is 1. The van der Waals surface area contributed by atoms with Crippen molar-refractivity contribution in [3.05, 3.63) is 53.5 Å². The number of furan rings is 1. The molecule has 0 unspecified atom stereocenters. The predicted octanol–water partition coefficient (Wildman–Crippen LogP) is 4.12. The quantitative estimate of drug-likeness (QED) is 0.592. The first-order valence-electron chi connectivity index (χ1n) is 6.53. The van der Waals surface area contributed by atoms with Gasteiger partial charge in [-0.1, -0.05) is 17.7 Å². The molecular weight excluding hydrogens is 272 g/mol. The van der Waals surface area contributed by atoms with Crippen molar-refractivity contribution in [1.82, 2.24) is 0 Å². The number of rotatable bonds is 6. The number of aryl methyl sites for hydroxylation is 2. The maximum atomic E-state index is 11.6. The van der Waals surface area contributed by atoms with Gasteiger partial charge in [-0.3, -0.25) is 4.79 Å². The highest BCUT2D eigenvalue weighted by Crippen LogP contribution is 2.19. The van der Waals surface area contributed by atoms with Gasteiger partial charge in [-0.05, 0) is 32.0 Å². The number of hydrogen-bond acceptors (Lipinski definition) is 4. The SMILES string of the molecule is Cc1ccc(SCCC(=O)OCc2ccoc2C)cc1. The Morgan fingerprint density at radius 2 is 1.95 bits per heavy atom. The molecule has 1 aromatic carbocycles. The van der Waals surface area contributed by atoms with Crippen LogP contribution >= 0.6 is 11.8 Å². The molecule has 0 radical (unpaired) electrons. The third-order valence-corrected chi connectivity index (χ3v) is 3.96. The fourth-order valence-electron chi connectivity index (χ4n) is 1.68. The topological polar surface area (TPSA) is 39.4 Å². The zero-order chi connectivity index (χ0) is 14.4. The van der Waals surface area contributed by atoms with Gasteiger partial charge in [0.2, 0.25) is 0 Å². The lowest BCUT2D eigenvalue weighted by molar-refractivity contribution is -0.144. The Balaban J connectivity index is 1.68. The molecule has 0 aliphatic carbocycles. The molecule has 0 N–H and O–H groups in total. The maximum Gasteiger partial charge on any atom is 0.306 e. The molecule has 1 aromatic heterocycles. The summed E-state index contributed by atoms with van der Waals surface area (Å²) in [6, 6.07) is 10.1. The summed E-state index contributed by atoms with van der Waals surface area (Å²) in [5.74, 6) is 1.35. The predicted molar refractivity (Wildman–Crippen MR) is 79.8 cm³/mol. The fourth-order valence-corrected chi connectivity index (χ4v) is 2.51. The van der Waals surface area contributed by atoms with Gasteiger partial charge in [0.25, 0.3) is 0 Å². The molecule has 0 amide bonds. The van der Waals surface area contributed by atoms with Crippen LogP contribution in [0.2, 0.25) is 0 Å². The molecule has 3 nitrogen and oxygen atoms in total. The van der Waals surface area contributed by atoms with E-state index < -0.39 is 0 Å². The van der Waals surface area contributed by atoms with Crippen LogP contribution in [0.4, 0.5) is 0 Å². The van der Waals surface area contributed by atoms with Gasteiger partial charge in [-0.15, -0.1) is 11.8 Å². The largest absolute Gasteiger partial charge is 0.469 e. The van der Waals surface area contributed by atoms with E-state index in [-0.39, 0.29) is 12.6 Å². The molecule has 2 aromatic rings. The second-order valence-corrected chi connectivity index (χ2v) is 5.74. The van der Waals surface area contributed by atoms with Crippen molar-refractivity contribution in [1.29, 1.82) is 0 Å². The summed E-state index contributed by atoms with van der Waals surface area (Å²) in [6.07, 6.45) is 2.02. The van der Waals surface area contributed by atoms with Gasteiger partial charge in [0, 0.05) is 16.2 Å². The first-order valence-corrected chi connectivity index (χ1v) is 7.52. The lowest BCUT2D eigenvalue weighted by Gasteiger charge is -2.04. The minimum Gasteiger partial charge on any atom is -0.469 e.